The second kappa shape index (κ2) is 3.42. The molecule has 0 aromatic heterocycles. The Balaban J connectivity index is 3.79. The highest BCUT2D eigenvalue weighted by Gasteiger charge is 2.16. The predicted octanol–water partition coefficient (Wildman–Crippen LogP) is 4.28. The zero-order valence-corrected chi connectivity index (χ0v) is 10.0. The molecule has 1 aromatic rings. The van der Waals surface area contributed by atoms with Gasteiger partial charge in [-0.1, -0.05) is 65.7 Å². The van der Waals surface area contributed by atoms with Crippen molar-refractivity contribution in [3.05, 3.63) is 35.3 Å². The van der Waals surface area contributed by atoms with Gasteiger partial charge in [0.15, 0.2) is 0 Å². The van der Waals surface area contributed by atoms with Crippen molar-refractivity contribution in [2.45, 2.75) is 52.4 Å². The van der Waals surface area contributed by atoms with Crippen molar-refractivity contribution in [2.24, 2.45) is 0 Å². The summed E-state index contributed by atoms with van der Waals surface area (Å²) in [5.74, 6) is 0. The Hall–Kier alpha value is -0.780. The van der Waals surface area contributed by atoms with Crippen LogP contribution in [0.1, 0.15) is 58.2 Å². The lowest BCUT2D eigenvalue weighted by atomic mass is 9.82. The molecular weight excluding hydrogens is 168 g/mol. The van der Waals surface area contributed by atoms with Crippen molar-refractivity contribution < 1.29 is 5.48 Å². The highest BCUT2D eigenvalue weighted by atomic mass is 14.2. The summed E-state index contributed by atoms with van der Waals surface area (Å²) in [4.78, 5) is 0. The predicted molar refractivity (Wildman–Crippen MR) is 63.8 cm³/mol. The van der Waals surface area contributed by atoms with Crippen LogP contribution in [0, 0.1) is 0 Å². The molecule has 1 rings (SSSR count). The van der Waals surface area contributed by atoms with Crippen molar-refractivity contribution in [3.8, 4) is 0 Å². The first-order valence-electron chi connectivity index (χ1n) is 7.00. The Morgan fingerprint density at radius 2 is 0.929 bits per heavy atom. The van der Waals surface area contributed by atoms with Crippen LogP contribution < -0.4 is 0 Å². The van der Waals surface area contributed by atoms with Crippen molar-refractivity contribution in [2.75, 3.05) is 0 Å². The topological polar surface area (TPSA) is 0 Å². The Labute approximate surface area is 94.0 Å². The van der Waals surface area contributed by atoms with Gasteiger partial charge in [-0.05, 0) is 22.0 Å². The summed E-state index contributed by atoms with van der Waals surface area (Å²) in [6.07, 6.45) is 0. The van der Waals surface area contributed by atoms with E-state index < -0.39 is 10.8 Å². The standard InChI is InChI=1S/C14H22/c1-13(2,3)11-7-9-12(10-8-11)14(4,5)6/h7-10H,1-6H3/i7D,8D,9D,10D. The van der Waals surface area contributed by atoms with Crippen molar-refractivity contribution >= 4 is 0 Å². The van der Waals surface area contributed by atoms with E-state index in [1.807, 2.05) is 41.5 Å². The molecule has 0 saturated heterocycles. The fraction of sp³-hybridized carbons (Fsp3) is 0.571. The van der Waals surface area contributed by atoms with Crippen molar-refractivity contribution in [1.29, 1.82) is 0 Å². The van der Waals surface area contributed by atoms with E-state index in [2.05, 4.69) is 0 Å². The quantitative estimate of drug-likeness (QED) is 0.578. The summed E-state index contributed by atoms with van der Waals surface area (Å²) in [5, 5.41) is 0. The molecule has 0 spiro atoms. The van der Waals surface area contributed by atoms with Crippen LogP contribution >= 0.6 is 0 Å². The lowest BCUT2D eigenvalue weighted by Gasteiger charge is -2.23. The molecule has 0 aliphatic rings. The molecule has 78 valence electrons. The van der Waals surface area contributed by atoms with Crippen LogP contribution in [0.5, 0.6) is 0 Å². The lowest BCUT2D eigenvalue weighted by molar-refractivity contribution is 0.577. The lowest BCUT2D eigenvalue weighted by Crippen LogP contribution is -2.14. The first kappa shape index (κ1) is 6.66. The molecule has 0 heterocycles. The maximum atomic E-state index is 8.12. The van der Waals surface area contributed by atoms with Gasteiger partial charge in [0.1, 0.15) is 0 Å². The molecule has 0 bridgehead atoms. The average Bonchev–Trinajstić information content (AvgIpc) is 2.10. The van der Waals surface area contributed by atoms with Crippen LogP contribution in [-0.4, -0.2) is 0 Å². The maximum Gasteiger partial charge on any atom is 0.0626 e. The average molecular weight is 194 g/mol. The minimum absolute atomic E-state index is 0.0911. The molecule has 0 saturated carbocycles. The first-order valence-corrected chi connectivity index (χ1v) is 5.00. The smallest absolute Gasteiger partial charge is 0.0582 e. The Morgan fingerprint density at radius 1 is 0.714 bits per heavy atom. The van der Waals surface area contributed by atoms with Gasteiger partial charge in [0.25, 0.3) is 0 Å². The SMILES string of the molecule is [2H]c1c([2H])c(C(C)(C)C)c([2H])c([2H])c1C(C)(C)C. The van der Waals surface area contributed by atoms with Crippen LogP contribution in [0.2, 0.25) is 0 Å². The zero-order chi connectivity index (χ0) is 14.5. The van der Waals surface area contributed by atoms with E-state index in [1.165, 1.54) is 0 Å². The van der Waals surface area contributed by atoms with Gasteiger partial charge in [0.05, 0.1) is 5.48 Å². The first-order chi connectivity index (χ1) is 7.89. The van der Waals surface area contributed by atoms with Crippen LogP contribution in [-0.2, 0) is 10.8 Å². The van der Waals surface area contributed by atoms with Crippen LogP contribution in [0.3, 0.4) is 0 Å². The molecule has 0 aliphatic heterocycles. The van der Waals surface area contributed by atoms with E-state index in [9.17, 15) is 0 Å². The third-order valence-corrected chi connectivity index (χ3v) is 2.12. The third-order valence-electron chi connectivity index (χ3n) is 2.12. The molecule has 0 amide bonds. The highest BCUT2D eigenvalue weighted by molar-refractivity contribution is 5.30. The number of rotatable bonds is 0. The minimum Gasteiger partial charge on any atom is -0.0582 e. The van der Waals surface area contributed by atoms with E-state index in [0.717, 1.165) is 0 Å². The number of hydrogen-bond donors (Lipinski definition) is 0. The number of hydrogen-bond acceptors (Lipinski definition) is 0. The van der Waals surface area contributed by atoms with E-state index in [0.29, 0.717) is 11.1 Å². The summed E-state index contributed by atoms with van der Waals surface area (Å²) < 4.78 is 32.5. The summed E-state index contributed by atoms with van der Waals surface area (Å²) >= 11 is 0. The number of benzene rings is 1. The van der Waals surface area contributed by atoms with Gasteiger partial charge in [-0.3, -0.25) is 0 Å². The molecule has 0 heteroatoms. The molecule has 0 aliphatic carbocycles. The monoisotopic (exact) mass is 194 g/mol. The van der Waals surface area contributed by atoms with Crippen molar-refractivity contribution in [3.63, 3.8) is 0 Å². The van der Waals surface area contributed by atoms with Gasteiger partial charge in [-0.25, -0.2) is 0 Å². The largest absolute Gasteiger partial charge is 0.0626 e. The molecule has 1 aromatic carbocycles. The fourth-order valence-electron chi connectivity index (χ4n) is 1.06. The molecule has 0 atom stereocenters. The third kappa shape index (κ3) is 2.60. The van der Waals surface area contributed by atoms with E-state index in [-0.39, 0.29) is 24.2 Å². The normalized spacial score (nSPS) is 17.0. The highest BCUT2D eigenvalue weighted by Crippen LogP contribution is 2.26. The van der Waals surface area contributed by atoms with Gasteiger partial charge >= 0.3 is 0 Å². The minimum atomic E-state index is -0.393. The molecule has 0 N–H and O–H groups in total. The van der Waals surface area contributed by atoms with Gasteiger partial charge in [-0.15, -0.1) is 0 Å². The fourth-order valence-corrected chi connectivity index (χ4v) is 1.06. The van der Waals surface area contributed by atoms with Gasteiger partial charge in [0, 0.05) is 0 Å². The molecule has 0 radical (unpaired) electrons. The maximum absolute atomic E-state index is 8.12. The van der Waals surface area contributed by atoms with Crippen LogP contribution in [0.15, 0.2) is 24.2 Å². The summed E-state index contributed by atoms with van der Waals surface area (Å²) in [7, 11) is 0. The second-order valence-electron chi connectivity index (χ2n) is 5.75. The molecule has 14 heavy (non-hydrogen) atoms. The van der Waals surface area contributed by atoms with Gasteiger partial charge in [-0.2, -0.15) is 0 Å². The summed E-state index contributed by atoms with van der Waals surface area (Å²) in [5.41, 5.74) is 0.197. The summed E-state index contributed by atoms with van der Waals surface area (Å²) in [6.45, 7) is 11.5. The molecule has 0 fully saturated rings. The van der Waals surface area contributed by atoms with Crippen LogP contribution in [0.25, 0.3) is 0 Å². The molecule has 0 unspecified atom stereocenters. The van der Waals surface area contributed by atoms with Crippen LogP contribution in [0.4, 0.5) is 0 Å². The van der Waals surface area contributed by atoms with Crippen molar-refractivity contribution in [1.82, 2.24) is 0 Å². The Bertz CT molecular complexity index is 402. The van der Waals surface area contributed by atoms with E-state index >= 15 is 0 Å². The Morgan fingerprint density at radius 3 is 1.07 bits per heavy atom. The van der Waals surface area contributed by atoms with Gasteiger partial charge < -0.3 is 0 Å². The van der Waals surface area contributed by atoms with E-state index in [1.54, 1.807) is 0 Å². The van der Waals surface area contributed by atoms with Gasteiger partial charge in [0.2, 0.25) is 0 Å². The zero-order valence-electron chi connectivity index (χ0n) is 14.0. The molecule has 0 nitrogen and oxygen atoms in total. The summed E-state index contributed by atoms with van der Waals surface area (Å²) in [6, 6.07) is 0.365. The Kier molecular flexibility index (Phi) is 1.62. The molecular formula is C14H22. The van der Waals surface area contributed by atoms with E-state index in [4.69, 9.17) is 5.48 Å². The second-order valence-corrected chi connectivity index (χ2v) is 5.75.